The Labute approximate surface area is 219 Å². The molecule has 0 aromatic carbocycles. The van der Waals surface area contributed by atoms with Crippen LogP contribution in [0.15, 0.2) is 0 Å². The monoisotopic (exact) mass is 509 g/mol. The third-order valence-corrected chi connectivity index (χ3v) is 8.09. The maximum atomic E-state index is 12.6. The van der Waals surface area contributed by atoms with Crippen molar-refractivity contribution in [1.82, 2.24) is 5.06 Å². The Morgan fingerprint density at radius 2 is 0.972 bits per heavy atom. The number of esters is 2. The summed E-state index contributed by atoms with van der Waals surface area (Å²) in [6, 6.07) is 0. The predicted octanol–water partition coefficient (Wildman–Crippen LogP) is 6.57. The lowest BCUT2D eigenvalue weighted by molar-refractivity contribution is -0.299. The summed E-state index contributed by atoms with van der Waals surface area (Å²) in [5.41, 5.74) is -1.83. The number of carbonyl (C=O) groups is 2. The van der Waals surface area contributed by atoms with Crippen LogP contribution in [0.2, 0.25) is 0 Å². The Morgan fingerprint density at radius 1 is 0.639 bits per heavy atom. The minimum Gasteiger partial charge on any atom is -0.462 e. The highest BCUT2D eigenvalue weighted by atomic mass is 16.6. The molecule has 0 spiro atoms. The molecule has 1 saturated carbocycles. The molecular weight excluding hydrogens is 458 g/mol. The van der Waals surface area contributed by atoms with Crippen molar-refractivity contribution in [2.45, 2.75) is 162 Å². The van der Waals surface area contributed by atoms with E-state index < -0.39 is 17.2 Å². The maximum absolute atomic E-state index is 12.6. The normalized spacial score (nSPS) is 27.4. The van der Waals surface area contributed by atoms with Crippen molar-refractivity contribution in [1.29, 1.82) is 0 Å². The number of rotatable bonds is 11. The van der Waals surface area contributed by atoms with Crippen molar-refractivity contribution in [3.8, 4) is 0 Å². The zero-order valence-corrected chi connectivity index (χ0v) is 24.1. The lowest BCUT2D eigenvalue weighted by Crippen LogP contribution is -2.60. The highest BCUT2D eigenvalue weighted by Gasteiger charge is 2.49. The molecule has 1 aliphatic carbocycles. The van der Waals surface area contributed by atoms with E-state index in [4.69, 9.17) is 9.47 Å². The summed E-state index contributed by atoms with van der Waals surface area (Å²) in [5, 5.41) is 26.2. The molecule has 208 valence electrons. The van der Waals surface area contributed by atoms with Crippen molar-refractivity contribution in [3.05, 3.63) is 0 Å². The molecule has 0 N–H and O–H groups in total. The van der Waals surface area contributed by atoms with Gasteiger partial charge in [0.05, 0.1) is 0 Å². The Kier molecular flexibility index (Phi) is 10.5. The molecule has 0 atom stereocenters. The van der Waals surface area contributed by atoms with Gasteiger partial charge in [0.1, 0.15) is 18.3 Å². The number of hydrogen-bond donors (Lipinski definition) is 0. The van der Waals surface area contributed by atoms with Crippen molar-refractivity contribution in [3.63, 3.8) is 0 Å². The molecule has 0 unspecified atom stereocenters. The molecule has 1 aliphatic heterocycles. The summed E-state index contributed by atoms with van der Waals surface area (Å²) in [6.07, 6.45) is 7.72. The summed E-state index contributed by atoms with van der Waals surface area (Å²) >= 11 is 0. The molecule has 2 rings (SSSR count). The summed E-state index contributed by atoms with van der Waals surface area (Å²) in [4.78, 5) is 24.6. The molecule has 7 nitrogen and oxygen atoms in total. The fraction of sp³-hybridized carbons (Fsp3) is 0.931. The maximum Gasteiger partial charge on any atom is 0.306 e. The molecule has 0 bridgehead atoms. The standard InChI is InChI=1S/C29H51NO6/c1-26(2)17-21(18-27(3,4)25(26)33)35-23(31)15-13-11-9-10-12-14-16-24(32)36-22-19-28(5,6)30(34)29(7,8)20-22/h21-22,25H,9-20H2,1-8H3. The van der Waals surface area contributed by atoms with E-state index in [1.54, 1.807) is 0 Å². The molecule has 1 saturated heterocycles. The predicted molar refractivity (Wildman–Crippen MR) is 138 cm³/mol. The SMILES string of the molecule is CC1(C)CC(OC(=O)CCCCCCCCC(=O)OC2CC(C)(C)N([O])C(C)(C)C2)CC(C)(C)C1[O]. The summed E-state index contributed by atoms with van der Waals surface area (Å²) in [7, 11) is 0. The molecule has 7 heteroatoms. The number of hydroxylamine groups is 2. The van der Waals surface area contributed by atoms with Gasteiger partial charge < -0.3 is 9.47 Å². The number of hydrogen-bond acceptors (Lipinski definition) is 5. The summed E-state index contributed by atoms with van der Waals surface area (Å²) in [6.45, 7) is 15.5. The van der Waals surface area contributed by atoms with Crippen LogP contribution < -0.4 is 0 Å². The van der Waals surface area contributed by atoms with Crippen molar-refractivity contribution in [2.75, 3.05) is 0 Å². The number of ether oxygens (including phenoxy) is 2. The van der Waals surface area contributed by atoms with Gasteiger partial charge in [-0.15, -0.1) is 10.3 Å². The molecular formula is C29H51NO6. The van der Waals surface area contributed by atoms with Gasteiger partial charge in [0.15, 0.2) is 0 Å². The first-order valence-electron chi connectivity index (χ1n) is 14.0. The van der Waals surface area contributed by atoms with E-state index in [2.05, 4.69) is 0 Å². The average molecular weight is 510 g/mol. The van der Waals surface area contributed by atoms with E-state index in [1.807, 2.05) is 55.4 Å². The van der Waals surface area contributed by atoms with Crippen molar-refractivity contribution >= 4 is 11.9 Å². The number of unbranched alkanes of at least 4 members (excludes halogenated alkanes) is 5. The van der Waals surface area contributed by atoms with Gasteiger partial charge in [-0.25, -0.2) is 5.11 Å². The first-order valence-corrected chi connectivity index (χ1v) is 14.0. The lowest BCUT2D eigenvalue weighted by Gasteiger charge is -2.49. The minimum absolute atomic E-state index is 0.159. The second-order valence-electron chi connectivity index (χ2n) is 13.9. The quantitative estimate of drug-likeness (QED) is 0.232. The first-order chi connectivity index (χ1) is 16.5. The lowest BCUT2D eigenvalue weighted by atomic mass is 9.62. The molecule has 0 aromatic rings. The van der Waals surface area contributed by atoms with Gasteiger partial charge in [0, 0.05) is 36.8 Å². The minimum atomic E-state index is -0.655. The van der Waals surface area contributed by atoms with Gasteiger partial charge in [-0.2, -0.15) is 0 Å². The smallest absolute Gasteiger partial charge is 0.306 e. The van der Waals surface area contributed by atoms with E-state index in [1.165, 1.54) is 0 Å². The van der Waals surface area contributed by atoms with Gasteiger partial charge in [-0.1, -0.05) is 53.4 Å². The van der Waals surface area contributed by atoms with Gasteiger partial charge in [-0.3, -0.25) is 9.59 Å². The fourth-order valence-corrected chi connectivity index (χ4v) is 6.59. The zero-order valence-electron chi connectivity index (χ0n) is 24.1. The van der Waals surface area contributed by atoms with Crippen LogP contribution in [0.1, 0.15) is 132 Å². The molecule has 2 radical (unpaired) electrons. The van der Waals surface area contributed by atoms with E-state index in [9.17, 15) is 19.9 Å². The number of nitrogens with zero attached hydrogens (tertiary/aromatic N) is 1. The Hall–Kier alpha value is -1.18. The van der Waals surface area contributed by atoms with E-state index >= 15 is 0 Å². The molecule has 1 heterocycles. The van der Waals surface area contributed by atoms with Gasteiger partial charge >= 0.3 is 11.9 Å². The Balaban J connectivity index is 1.54. The van der Waals surface area contributed by atoms with Gasteiger partial charge in [0.25, 0.3) is 0 Å². The van der Waals surface area contributed by atoms with Crippen molar-refractivity contribution in [2.24, 2.45) is 10.8 Å². The zero-order chi connectivity index (χ0) is 27.4. The van der Waals surface area contributed by atoms with Crippen LogP contribution >= 0.6 is 0 Å². The molecule has 2 aliphatic rings. The summed E-state index contributed by atoms with van der Waals surface area (Å²) in [5.74, 6) is -0.334. The van der Waals surface area contributed by atoms with Crippen LogP contribution in [0.25, 0.3) is 0 Å². The van der Waals surface area contributed by atoms with Crippen LogP contribution in [-0.2, 0) is 29.4 Å². The van der Waals surface area contributed by atoms with Crippen LogP contribution in [0.4, 0.5) is 0 Å². The largest absolute Gasteiger partial charge is 0.462 e. The van der Waals surface area contributed by atoms with Crippen LogP contribution in [0.5, 0.6) is 0 Å². The number of carbonyl (C=O) groups excluding carboxylic acids is 2. The van der Waals surface area contributed by atoms with E-state index in [0.717, 1.165) is 43.6 Å². The van der Waals surface area contributed by atoms with Crippen LogP contribution in [-0.4, -0.2) is 46.4 Å². The Morgan fingerprint density at radius 3 is 1.36 bits per heavy atom. The highest BCUT2D eigenvalue weighted by molar-refractivity contribution is 5.69. The molecule has 2 fully saturated rings. The number of piperidine rings is 1. The topological polar surface area (TPSA) is 95.6 Å². The third-order valence-electron chi connectivity index (χ3n) is 8.09. The fourth-order valence-electron chi connectivity index (χ4n) is 6.59. The van der Waals surface area contributed by atoms with Gasteiger partial charge in [-0.05, 0) is 64.2 Å². The third kappa shape index (κ3) is 8.70. The molecule has 0 aromatic heterocycles. The first kappa shape index (κ1) is 31.0. The van der Waals surface area contributed by atoms with Gasteiger partial charge in [0.2, 0.25) is 0 Å². The summed E-state index contributed by atoms with van der Waals surface area (Å²) < 4.78 is 11.4. The van der Waals surface area contributed by atoms with E-state index in [0.29, 0.717) is 38.5 Å². The van der Waals surface area contributed by atoms with E-state index in [-0.39, 0.29) is 35.0 Å². The highest BCUT2D eigenvalue weighted by Crippen LogP contribution is 2.47. The van der Waals surface area contributed by atoms with Crippen LogP contribution in [0.3, 0.4) is 0 Å². The molecule has 0 amide bonds. The second kappa shape index (κ2) is 12.1. The van der Waals surface area contributed by atoms with Crippen molar-refractivity contribution < 1.29 is 29.4 Å². The average Bonchev–Trinajstić information content (AvgIpc) is 2.71. The second-order valence-corrected chi connectivity index (χ2v) is 13.9. The molecule has 36 heavy (non-hydrogen) atoms. The van der Waals surface area contributed by atoms with Crippen LogP contribution in [0, 0.1) is 10.8 Å². The Bertz CT molecular complexity index is 646.